The van der Waals surface area contributed by atoms with Crippen LogP contribution >= 0.6 is 23.4 Å². The average Bonchev–Trinajstić information content (AvgIpc) is 2.85. The normalized spacial score (nSPS) is 12.2. The molecule has 1 N–H and O–H groups in total. The van der Waals surface area contributed by atoms with Crippen molar-refractivity contribution in [2.45, 2.75) is 24.9 Å². The van der Waals surface area contributed by atoms with Crippen molar-refractivity contribution in [1.82, 2.24) is 5.16 Å². The van der Waals surface area contributed by atoms with Crippen molar-refractivity contribution >= 4 is 35.0 Å². The molecule has 4 nitrogen and oxygen atoms in total. The first kappa shape index (κ1) is 15.9. The highest BCUT2D eigenvalue weighted by atomic mass is 35.5. The Bertz CT molecular complexity index is 648. The van der Waals surface area contributed by atoms with Gasteiger partial charge in [0.15, 0.2) is 0 Å². The number of benzene rings is 1. The smallest absolute Gasteiger partial charge is 0.237 e. The molecular formula is C14H14ClFN2O2S. The second-order valence-corrected chi connectivity index (χ2v) is 6.24. The number of carbonyl (C=O) groups is 1. The molecule has 2 rings (SSSR count). The van der Waals surface area contributed by atoms with Gasteiger partial charge in [-0.25, -0.2) is 4.39 Å². The number of rotatable bonds is 5. The van der Waals surface area contributed by atoms with E-state index >= 15 is 0 Å². The predicted octanol–water partition coefficient (Wildman–Crippen LogP) is 4.04. The number of amides is 1. The Morgan fingerprint density at radius 2 is 2.29 bits per heavy atom. The minimum absolute atomic E-state index is 0.173. The standard InChI is InChI=1S/C14H14ClFN2O2S/c1-8-5-11(20-18-8)7-21-9(2)14(19)17-13-4-3-10(16)6-12(13)15/h3-6,9H,7H2,1-2H3,(H,17,19)/t9-/m0/s1. The predicted molar refractivity (Wildman–Crippen MR) is 82.0 cm³/mol. The van der Waals surface area contributed by atoms with Crippen LogP contribution in [0.5, 0.6) is 0 Å². The summed E-state index contributed by atoms with van der Waals surface area (Å²) in [7, 11) is 0. The summed E-state index contributed by atoms with van der Waals surface area (Å²) in [5, 5.41) is 6.32. The molecule has 0 aliphatic rings. The maximum atomic E-state index is 12.9. The molecule has 0 fully saturated rings. The van der Waals surface area contributed by atoms with E-state index in [9.17, 15) is 9.18 Å². The van der Waals surface area contributed by atoms with Crippen molar-refractivity contribution in [2.24, 2.45) is 0 Å². The van der Waals surface area contributed by atoms with Crippen LogP contribution < -0.4 is 5.32 Å². The summed E-state index contributed by atoms with van der Waals surface area (Å²) in [5.74, 6) is 0.620. The van der Waals surface area contributed by atoms with Crippen molar-refractivity contribution in [2.75, 3.05) is 5.32 Å². The molecule has 0 radical (unpaired) electrons. The zero-order valence-electron chi connectivity index (χ0n) is 11.5. The van der Waals surface area contributed by atoms with E-state index in [4.69, 9.17) is 16.1 Å². The minimum atomic E-state index is -0.443. The van der Waals surface area contributed by atoms with Gasteiger partial charge in [-0.1, -0.05) is 16.8 Å². The first-order valence-electron chi connectivity index (χ1n) is 6.25. The number of aromatic nitrogens is 1. The molecule has 0 saturated heterocycles. The number of thioether (sulfide) groups is 1. The summed E-state index contributed by atoms with van der Waals surface area (Å²) >= 11 is 7.29. The molecule has 112 valence electrons. The van der Waals surface area contributed by atoms with E-state index in [0.29, 0.717) is 11.4 Å². The monoisotopic (exact) mass is 328 g/mol. The summed E-state index contributed by atoms with van der Waals surface area (Å²) in [6.45, 7) is 3.62. The van der Waals surface area contributed by atoms with Crippen LogP contribution in [0, 0.1) is 12.7 Å². The Labute approximate surface area is 131 Å². The van der Waals surface area contributed by atoms with Crippen molar-refractivity contribution in [1.29, 1.82) is 0 Å². The summed E-state index contributed by atoms with van der Waals surface area (Å²) < 4.78 is 18.0. The SMILES string of the molecule is Cc1cc(CS[C@@H](C)C(=O)Nc2ccc(F)cc2Cl)on1. The Hall–Kier alpha value is -1.53. The van der Waals surface area contributed by atoms with Gasteiger partial charge in [-0.05, 0) is 32.0 Å². The van der Waals surface area contributed by atoms with Crippen LogP contribution in [0.4, 0.5) is 10.1 Å². The number of anilines is 1. The lowest BCUT2D eigenvalue weighted by molar-refractivity contribution is -0.115. The van der Waals surface area contributed by atoms with E-state index in [2.05, 4.69) is 10.5 Å². The molecular weight excluding hydrogens is 315 g/mol. The van der Waals surface area contributed by atoms with Gasteiger partial charge in [0.1, 0.15) is 11.6 Å². The highest BCUT2D eigenvalue weighted by molar-refractivity contribution is 7.99. The number of nitrogens with zero attached hydrogens (tertiary/aromatic N) is 1. The van der Waals surface area contributed by atoms with E-state index in [1.165, 1.54) is 23.9 Å². The number of hydrogen-bond acceptors (Lipinski definition) is 4. The van der Waals surface area contributed by atoms with Gasteiger partial charge in [-0.15, -0.1) is 11.8 Å². The largest absolute Gasteiger partial charge is 0.360 e. The molecule has 1 aromatic carbocycles. The van der Waals surface area contributed by atoms with Crippen molar-refractivity contribution in [3.8, 4) is 0 Å². The van der Waals surface area contributed by atoms with Gasteiger partial charge in [0, 0.05) is 6.07 Å². The van der Waals surface area contributed by atoms with Crippen LogP contribution in [0.3, 0.4) is 0 Å². The van der Waals surface area contributed by atoms with Crippen molar-refractivity contribution < 1.29 is 13.7 Å². The van der Waals surface area contributed by atoms with Crippen molar-refractivity contribution in [3.05, 3.63) is 46.6 Å². The van der Waals surface area contributed by atoms with E-state index < -0.39 is 5.82 Å². The number of carbonyl (C=O) groups excluding carboxylic acids is 1. The summed E-state index contributed by atoms with van der Waals surface area (Å²) in [4.78, 5) is 12.0. The van der Waals surface area contributed by atoms with Crippen LogP contribution in [0.15, 0.2) is 28.8 Å². The van der Waals surface area contributed by atoms with Crippen LogP contribution in [0.1, 0.15) is 18.4 Å². The van der Waals surface area contributed by atoms with Crippen LogP contribution in [-0.2, 0) is 10.5 Å². The molecule has 2 aromatic rings. The van der Waals surface area contributed by atoms with Crippen LogP contribution in [-0.4, -0.2) is 16.3 Å². The third kappa shape index (κ3) is 4.47. The minimum Gasteiger partial charge on any atom is -0.360 e. The van der Waals surface area contributed by atoms with E-state index in [0.717, 1.165) is 17.5 Å². The summed E-state index contributed by atoms with van der Waals surface area (Å²) in [6, 6.07) is 5.67. The molecule has 7 heteroatoms. The van der Waals surface area contributed by atoms with Gasteiger partial charge in [-0.2, -0.15) is 0 Å². The molecule has 21 heavy (non-hydrogen) atoms. The summed E-state index contributed by atoms with van der Waals surface area (Å²) in [6.07, 6.45) is 0. The maximum absolute atomic E-state index is 12.9. The Balaban J connectivity index is 1.90. The lowest BCUT2D eigenvalue weighted by Crippen LogP contribution is -2.22. The topological polar surface area (TPSA) is 55.1 Å². The second kappa shape index (κ2) is 6.95. The van der Waals surface area contributed by atoms with E-state index in [1.54, 1.807) is 6.92 Å². The van der Waals surface area contributed by atoms with Crippen LogP contribution in [0.2, 0.25) is 5.02 Å². The molecule has 1 amide bonds. The van der Waals surface area contributed by atoms with Gasteiger partial charge in [0.2, 0.25) is 5.91 Å². The number of hydrogen-bond donors (Lipinski definition) is 1. The Morgan fingerprint density at radius 1 is 1.52 bits per heavy atom. The fraction of sp³-hybridized carbons (Fsp3) is 0.286. The van der Waals surface area contributed by atoms with Gasteiger partial charge in [0.05, 0.1) is 27.4 Å². The molecule has 0 spiro atoms. The average molecular weight is 329 g/mol. The fourth-order valence-corrected chi connectivity index (χ4v) is 2.57. The zero-order valence-corrected chi connectivity index (χ0v) is 13.1. The van der Waals surface area contributed by atoms with Gasteiger partial charge >= 0.3 is 0 Å². The molecule has 1 aromatic heterocycles. The third-order valence-electron chi connectivity index (χ3n) is 2.71. The molecule has 0 unspecified atom stereocenters. The first-order chi connectivity index (χ1) is 9.95. The quantitative estimate of drug-likeness (QED) is 0.900. The van der Waals surface area contributed by atoms with Crippen molar-refractivity contribution in [3.63, 3.8) is 0 Å². The number of halogens is 2. The fourth-order valence-electron chi connectivity index (χ4n) is 1.59. The highest BCUT2D eigenvalue weighted by Gasteiger charge is 2.16. The zero-order chi connectivity index (χ0) is 15.4. The first-order valence-corrected chi connectivity index (χ1v) is 7.68. The second-order valence-electron chi connectivity index (χ2n) is 4.50. The Morgan fingerprint density at radius 3 is 2.90 bits per heavy atom. The summed E-state index contributed by atoms with van der Waals surface area (Å²) in [5.41, 5.74) is 1.20. The third-order valence-corrected chi connectivity index (χ3v) is 4.19. The maximum Gasteiger partial charge on any atom is 0.237 e. The molecule has 1 atom stereocenters. The van der Waals surface area contributed by atoms with E-state index in [1.807, 2.05) is 13.0 Å². The lowest BCUT2D eigenvalue weighted by Gasteiger charge is -2.12. The molecule has 0 aliphatic carbocycles. The van der Waals surface area contributed by atoms with Crippen LogP contribution in [0.25, 0.3) is 0 Å². The lowest BCUT2D eigenvalue weighted by atomic mass is 10.3. The number of aryl methyl sites for hydroxylation is 1. The molecule has 0 aliphatic heterocycles. The number of nitrogens with one attached hydrogen (secondary N) is 1. The molecule has 0 saturated carbocycles. The van der Waals surface area contributed by atoms with Gasteiger partial charge in [0.25, 0.3) is 0 Å². The van der Waals surface area contributed by atoms with Gasteiger partial charge < -0.3 is 9.84 Å². The highest BCUT2D eigenvalue weighted by Crippen LogP contribution is 2.24. The van der Waals surface area contributed by atoms with E-state index in [-0.39, 0.29) is 16.2 Å². The van der Waals surface area contributed by atoms with Gasteiger partial charge in [-0.3, -0.25) is 4.79 Å². The molecule has 0 bridgehead atoms. The molecule has 1 heterocycles. The Kier molecular flexibility index (Phi) is 5.25.